The molecule has 0 aliphatic carbocycles. The van der Waals surface area contributed by atoms with E-state index in [1.54, 1.807) is 18.2 Å². The van der Waals surface area contributed by atoms with E-state index >= 15 is 0 Å². The molecule has 0 bridgehead atoms. The van der Waals surface area contributed by atoms with Crippen LogP contribution in [0.4, 0.5) is 5.69 Å². The molecule has 0 saturated carbocycles. The number of benzene rings is 1. The molecule has 26 heavy (non-hydrogen) atoms. The maximum absolute atomic E-state index is 12.2. The van der Waals surface area contributed by atoms with E-state index < -0.39 is 23.2 Å². The summed E-state index contributed by atoms with van der Waals surface area (Å²) in [6.07, 6.45) is 1.14. The SMILES string of the molecule is Cn1c(=O)n(-c2cccc(NC3=CC(=O)N(CCO)C3=O)c2)c(=O)n1C. The minimum Gasteiger partial charge on any atom is -0.395 e. The number of hydrogen-bond donors (Lipinski definition) is 2. The third-order valence-corrected chi connectivity index (χ3v) is 4.10. The number of aliphatic hydroxyl groups is 1. The van der Waals surface area contributed by atoms with Gasteiger partial charge in [0.1, 0.15) is 5.70 Å². The molecule has 0 spiro atoms. The van der Waals surface area contributed by atoms with Crippen LogP contribution in [0, 0.1) is 0 Å². The Morgan fingerprint density at radius 3 is 2.31 bits per heavy atom. The van der Waals surface area contributed by atoms with Crippen LogP contribution < -0.4 is 16.7 Å². The molecule has 2 amide bonds. The maximum atomic E-state index is 12.2. The van der Waals surface area contributed by atoms with E-state index in [2.05, 4.69) is 5.32 Å². The summed E-state index contributed by atoms with van der Waals surface area (Å²) in [5, 5.41) is 11.7. The predicted molar refractivity (Wildman–Crippen MR) is 91.8 cm³/mol. The number of imide groups is 1. The summed E-state index contributed by atoms with van der Waals surface area (Å²) in [4.78, 5) is 49.3. The van der Waals surface area contributed by atoms with E-state index in [4.69, 9.17) is 5.11 Å². The number of aromatic nitrogens is 3. The maximum Gasteiger partial charge on any atom is 0.351 e. The summed E-state index contributed by atoms with van der Waals surface area (Å²) in [7, 11) is 2.96. The monoisotopic (exact) mass is 359 g/mol. The Labute approximate surface area is 147 Å². The summed E-state index contributed by atoms with van der Waals surface area (Å²) in [6.45, 7) is -0.414. The van der Waals surface area contributed by atoms with Crippen LogP contribution in [-0.4, -0.2) is 48.9 Å². The van der Waals surface area contributed by atoms with Crippen LogP contribution in [0.2, 0.25) is 0 Å². The zero-order valence-electron chi connectivity index (χ0n) is 14.2. The second-order valence-electron chi connectivity index (χ2n) is 5.70. The Morgan fingerprint density at radius 2 is 1.69 bits per heavy atom. The Hall–Kier alpha value is -3.40. The molecule has 10 heteroatoms. The fourth-order valence-corrected chi connectivity index (χ4v) is 2.64. The first-order valence-corrected chi connectivity index (χ1v) is 7.76. The predicted octanol–water partition coefficient (Wildman–Crippen LogP) is -1.47. The average Bonchev–Trinajstić information content (AvgIpc) is 2.98. The largest absolute Gasteiger partial charge is 0.395 e. The van der Waals surface area contributed by atoms with Crippen molar-refractivity contribution in [3.8, 4) is 5.69 Å². The molecular weight excluding hydrogens is 342 g/mol. The molecule has 2 N–H and O–H groups in total. The quantitative estimate of drug-likeness (QED) is 0.630. The lowest BCUT2D eigenvalue weighted by molar-refractivity contribution is -0.137. The molecule has 2 aromatic rings. The van der Waals surface area contributed by atoms with Crippen LogP contribution in [0.3, 0.4) is 0 Å². The number of β-amino-alcohol motifs (C(OH)–C–C–N with tert-alkyl or cyclic N) is 1. The van der Waals surface area contributed by atoms with E-state index in [0.717, 1.165) is 15.5 Å². The molecule has 136 valence electrons. The van der Waals surface area contributed by atoms with Gasteiger partial charge >= 0.3 is 11.4 Å². The number of carbonyl (C=O) groups excluding carboxylic acids is 2. The van der Waals surface area contributed by atoms with Gasteiger partial charge in [0.25, 0.3) is 11.8 Å². The van der Waals surface area contributed by atoms with E-state index in [0.29, 0.717) is 11.4 Å². The lowest BCUT2D eigenvalue weighted by atomic mass is 10.2. The van der Waals surface area contributed by atoms with Gasteiger partial charge in [-0.1, -0.05) is 6.07 Å². The number of nitrogens with one attached hydrogen (secondary N) is 1. The first-order chi connectivity index (χ1) is 12.3. The van der Waals surface area contributed by atoms with Gasteiger partial charge < -0.3 is 10.4 Å². The first-order valence-electron chi connectivity index (χ1n) is 7.76. The zero-order valence-corrected chi connectivity index (χ0v) is 14.2. The molecule has 1 aromatic heterocycles. The minimum atomic E-state index is -0.553. The molecule has 2 heterocycles. The number of amides is 2. The Morgan fingerprint density at radius 1 is 1.04 bits per heavy atom. The van der Waals surface area contributed by atoms with Crippen LogP contribution in [0.25, 0.3) is 5.69 Å². The Balaban J connectivity index is 1.93. The normalized spacial score (nSPS) is 14.1. The molecule has 0 radical (unpaired) electrons. The third-order valence-electron chi connectivity index (χ3n) is 4.10. The van der Waals surface area contributed by atoms with E-state index in [9.17, 15) is 19.2 Å². The topological polar surface area (TPSA) is 119 Å². The van der Waals surface area contributed by atoms with Crippen molar-refractivity contribution in [3.63, 3.8) is 0 Å². The highest BCUT2D eigenvalue weighted by Gasteiger charge is 2.30. The molecule has 0 fully saturated rings. The molecule has 1 aromatic carbocycles. The van der Waals surface area contributed by atoms with Crippen molar-refractivity contribution in [1.82, 2.24) is 18.8 Å². The summed E-state index contributed by atoms with van der Waals surface area (Å²) in [5.74, 6) is -1.07. The fourth-order valence-electron chi connectivity index (χ4n) is 2.64. The summed E-state index contributed by atoms with van der Waals surface area (Å²) in [6, 6.07) is 6.36. The average molecular weight is 359 g/mol. The summed E-state index contributed by atoms with van der Waals surface area (Å²) in [5.41, 5.74) is -0.205. The highest BCUT2D eigenvalue weighted by molar-refractivity contribution is 6.17. The molecular formula is C16H17N5O5. The zero-order chi connectivity index (χ0) is 19.0. The number of carbonyl (C=O) groups is 2. The molecule has 0 saturated heterocycles. The van der Waals surface area contributed by atoms with Crippen LogP contribution in [-0.2, 0) is 23.7 Å². The van der Waals surface area contributed by atoms with Gasteiger partial charge in [0.15, 0.2) is 0 Å². The second-order valence-corrected chi connectivity index (χ2v) is 5.70. The van der Waals surface area contributed by atoms with E-state index in [-0.39, 0.29) is 18.8 Å². The van der Waals surface area contributed by atoms with Crippen molar-refractivity contribution in [2.75, 3.05) is 18.5 Å². The van der Waals surface area contributed by atoms with Gasteiger partial charge in [-0.2, -0.15) is 0 Å². The number of anilines is 1. The summed E-state index contributed by atoms with van der Waals surface area (Å²) >= 11 is 0. The second kappa shape index (κ2) is 6.48. The highest BCUT2D eigenvalue weighted by atomic mass is 16.3. The van der Waals surface area contributed by atoms with Crippen molar-refractivity contribution < 1.29 is 14.7 Å². The van der Waals surface area contributed by atoms with Crippen LogP contribution in [0.1, 0.15) is 0 Å². The van der Waals surface area contributed by atoms with Crippen LogP contribution in [0.15, 0.2) is 45.6 Å². The first kappa shape index (κ1) is 17.4. The van der Waals surface area contributed by atoms with E-state index in [1.807, 2.05) is 0 Å². The van der Waals surface area contributed by atoms with Gasteiger partial charge in [-0.05, 0) is 18.2 Å². The molecule has 3 rings (SSSR count). The minimum absolute atomic E-state index is 0.0499. The van der Waals surface area contributed by atoms with Crippen molar-refractivity contribution >= 4 is 17.5 Å². The number of hydrogen-bond acceptors (Lipinski definition) is 6. The van der Waals surface area contributed by atoms with Gasteiger partial charge in [-0.3, -0.25) is 14.5 Å². The lowest BCUT2D eigenvalue weighted by Crippen LogP contribution is -2.34. The summed E-state index contributed by atoms with van der Waals surface area (Å²) < 4.78 is 3.35. The van der Waals surface area contributed by atoms with Crippen LogP contribution >= 0.6 is 0 Å². The van der Waals surface area contributed by atoms with Gasteiger partial charge in [-0.25, -0.2) is 23.5 Å². The Bertz CT molecular complexity index is 1010. The van der Waals surface area contributed by atoms with Gasteiger partial charge in [0.05, 0.1) is 18.8 Å². The third kappa shape index (κ3) is 2.75. The van der Waals surface area contributed by atoms with Crippen molar-refractivity contribution in [1.29, 1.82) is 0 Å². The molecule has 1 aliphatic heterocycles. The van der Waals surface area contributed by atoms with E-state index in [1.165, 1.54) is 29.5 Å². The smallest absolute Gasteiger partial charge is 0.351 e. The number of nitrogens with zero attached hydrogens (tertiary/aromatic N) is 4. The van der Waals surface area contributed by atoms with Crippen molar-refractivity contribution in [2.24, 2.45) is 14.1 Å². The molecule has 0 unspecified atom stereocenters. The Kier molecular flexibility index (Phi) is 4.34. The van der Waals surface area contributed by atoms with Crippen molar-refractivity contribution in [2.45, 2.75) is 0 Å². The highest BCUT2D eigenvalue weighted by Crippen LogP contribution is 2.18. The molecule has 1 aliphatic rings. The number of rotatable bonds is 5. The van der Waals surface area contributed by atoms with Crippen molar-refractivity contribution in [3.05, 3.63) is 57.0 Å². The van der Waals surface area contributed by atoms with Gasteiger partial charge in [-0.15, -0.1) is 0 Å². The van der Waals surface area contributed by atoms with Gasteiger partial charge in [0.2, 0.25) is 0 Å². The standard InChI is InChI=1S/C16H17N5O5/c1-18-15(25)21(16(26)19(18)2)11-5-3-4-10(8-11)17-12-9-13(23)20(6-7-22)14(12)24/h3-5,8-9,17,22H,6-7H2,1-2H3. The number of aliphatic hydroxyl groups excluding tert-OH is 1. The lowest BCUT2D eigenvalue weighted by Gasteiger charge is -2.13. The molecule has 10 nitrogen and oxygen atoms in total. The van der Waals surface area contributed by atoms with Crippen LogP contribution in [0.5, 0.6) is 0 Å². The fraction of sp³-hybridized carbons (Fsp3) is 0.250. The molecule has 0 atom stereocenters. The van der Waals surface area contributed by atoms with Gasteiger partial charge in [0, 0.05) is 25.9 Å².